The Bertz CT molecular complexity index is 483. The number of carbonyl (C=O) groups excluding carboxylic acids is 1. The van der Waals surface area contributed by atoms with E-state index in [1.165, 1.54) is 0 Å². The Hall–Kier alpha value is -1.71. The summed E-state index contributed by atoms with van der Waals surface area (Å²) >= 11 is 0. The summed E-state index contributed by atoms with van der Waals surface area (Å²) in [5, 5.41) is 40.0. The molecule has 1 aliphatic heterocycles. The van der Waals surface area contributed by atoms with Gasteiger partial charge in [-0.3, -0.25) is 5.32 Å². The van der Waals surface area contributed by atoms with Crippen LogP contribution in [0.5, 0.6) is 0 Å². The monoisotopic (exact) mass is 313 g/mol. The molecule has 0 spiro atoms. The lowest BCUT2D eigenvalue weighted by Gasteiger charge is -2.18. The zero-order chi connectivity index (χ0) is 16.1. The third kappa shape index (κ3) is 3.93. The molecule has 0 saturated carbocycles. The van der Waals surface area contributed by atoms with Crippen LogP contribution < -0.4 is 5.32 Å². The number of aliphatic hydroxyl groups is 4. The maximum absolute atomic E-state index is 11.7. The van der Waals surface area contributed by atoms with Gasteiger partial charge in [-0.1, -0.05) is 30.3 Å². The molecule has 8 heteroatoms. The van der Waals surface area contributed by atoms with Gasteiger partial charge in [-0.2, -0.15) is 0 Å². The first-order chi connectivity index (χ1) is 10.5. The second-order valence-corrected chi connectivity index (χ2v) is 4.96. The molecule has 1 aliphatic rings. The molecule has 2 rings (SSSR count). The van der Waals surface area contributed by atoms with Crippen LogP contribution in [0.1, 0.15) is 5.56 Å². The van der Waals surface area contributed by atoms with Crippen molar-refractivity contribution in [2.75, 3.05) is 6.61 Å². The topological polar surface area (TPSA) is 128 Å². The Labute approximate surface area is 126 Å². The Morgan fingerprint density at radius 2 is 1.95 bits per heavy atom. The van der Waals surface area contributed by atoms with Crippen LogP contribution in [0.4, 0.5) is 4.79 Å². The Kier molecular flexibility index (Phi) is 5.69. The predicted octanol–water partition coefficient (Wildman–Crippen LogP) is -1.29. The molecule has 1 amide bonds. The largest absolute Gasteiger partial charge is 0.445 e. The van der Waals surface area contributed by atoms with E-state index < -0.39 is 43.3 Å². The van der Waals surface area contributed by atoms with Gasteiger partial charge in [0.05, 0.1) is 6.61 Å². The van der Waals surface area contributed by atoms with Gasteiger partial charge in [0.2, 0.25) is 0 Å². The Morgan fingerprint density at radius 1 is 1.27 bits per heavy atom. The van der Waals surface area contributed by atoms with Gasteiger partial charge in [-0.05, 0) is 5.56 Å². The Morgan fingerprint density at radius 3 is 2.59 bits per heavy atom. The smallest absolute Gasteiger partial charge is 0.409 e. The summed E-state index contributed by atoms with van der Waals surface area (Å²) in [5.74, 6) is 0. The average molecular weight is 313 g/mol. The summed E-state index contributed by atoms with van der Waals surface area (Å²) in [6, 6.07) is 9.01. The highest BCUT2D eigenvalue weighted by molar-refractivity contribution is 5.67. The third-order valence-electron chi connectivity index (χ3n) is 3.34. The van der Waals surface area contributed by atoms with E-state index in [1.807, 2.05) is 6.07 Å². The molecule has 1 heterocycles. The Balaban J connectivity index is 1.84. The number of ether oxygens (including phenoxy) is 2. The van der Waals surface area contributed by atoms with E-state index in [-0.39, 0.29) is 6.61 Å². The molecule has 5 N–H and O–H groups in total. The lowest BCUT2D eigenvalue weighted by atomic mass is 10.1. The van der Waals surface area contributed by atoms with Crippen LogP contribution in [0.25, 0.3) is 0 Å². The number of hydrogen-bond acceptors (Lipinski definition) is 7. The van der Waals surface area contributed by atoms with Crippen LogP contribution in [0.2, 0.25) is 0 Å². The van der Waals surface area contributed by atoms with Crippen molar-refractivity contribution in [1.82, 2.24) is 5.32 Å². The van der Waals surface area contributed by atoms with Gasteiger partial charge in [0.1, 0.15) is 31.0 Å². The van der Waals surface area contributed by atoms with Crippen molar-refractivity contribution in [3.8, 4) is 0 Å². The maximum atomic E-state index is 11.7. The molecule has 22 heavy (non-hydrogen) atoms. The molecule has 1 unspecified atom stereocenters. The van der Waals surface area contributed by atoms with Crippen molar-refractivity contribution >= 4 is 6.09 Å². The van der Waals surface area contributed by atoms with Crippen molar-refractivity contribution < 1.29 is 34.7 Å². The van der Waals surface area contributed by atoms with Crippen molar-refractivity contribution in [1.29, 1.82) is 0 Å². The second kappa shape index (κ2) is 7.52. The zero-order valence-corrected chi connectivity index (χ0v) is 11.7. The molecule has 122 valence electrons. The van der Waals surface area contributed by atoms with Gasteiger partial charge < -0.3 is 29.9 Å². The van der Waals surface area contributed by atoms with Crippen LogP contribution in [0.3, 0.4) is 0 Å². The number of nitrogens with one attached hydrogen (secondary N) is 1. The summed E-state index contributed by atoms with van der Waals surface area (Å²) in [7, 11) is 0. The summed E-state index contributed by atoms with van der Waals surface area (Å²) in [4.78, 5) is 11.7. The minimum atomic E-state index is -1.43. The number of benzene rings is 1. The molecule has 8 nitrogen and oxygen atoms in total. The minimum absolute atomic E-state index is 0.0424. The average Bonchev–Trinajstić information content (AvgIpc) is 2.81. The normalized spacial score (nSPS) is 29.1. The summed E-state index contributed by atoms with van der Waals surface area (Å²) in [5.41, 5.74) is 0.791. The quantitative estimate of drug-likeness (QED) is 0.457. The first kappa shape index (κ1) is 16.7. The number of alkyl carbamates (subject to hydrolysis) is 1. The number of hydrogen-bond donors (Lipinski definition) is 5. The fourth-order valence-corrected chi connectivity index (χ4v) is 2.13. The highest BCUT2D eigenvalue weighted by Gasteiger charge is 2.46. The van der Waals surface area contributed by atoms with Crippen molar-refractivity contribution in [3.63, 3.8) is 0 Å². The molecular formula is C14H19NO7. The van der Waals surface area contributed by atoms with Crippen molar-refractivity contribution in [2.45, 2.75) is 37.3 Å². The molecule has 0 bridgehead atoms. The summed E-state index contributed by atoms with van der Waals surface area (Å²) in [6.45, 7) is -0.597. The van der Waals surface area contributed by atoms with Crippen LogP contribution in [-0.4, -0.2) is 63.8 Å². The number of carbonyl (C=O) groups is 1. The van der Waals surface area contributed by atoms with Crippen LogP contribution in [0, 0.1) is 0 Å². The van der Waals surface area contributed by atoms with Crippen molar-refractivity contribution in [3.05, 3.63) is 35.9 Å². The lowest BCUT2D eigenvalue weighted by Crippen LogP contribution is -2.44. The molecule has 0 aromatic heterocycles. The number of amides is 1. The van der Waals surface area contributed by atoms with E-state index in [0.717, 1.165) is 5.56 Å². The standard InChI is InChI=1S/C14H19NO7/c16-6-9(17)12-10(18)11(19)13(22-12)15-14(20)21-7-8-4-2-1-3-5-8/h1-5,9-13,16-19H,6-7H2,(H,15,20)/t9-,10-,11-,12-,13?/m1/s1. The molecule has 1 saturated heterocycles. The van der Waals surface area contributed by atoms with E-state index in [0.29, 0.717) is 0 Å². The fraction of sp³-hybridized carbons (Fsp3) is 0.500. The predicted molar refractivity (Wildman–Crippen MR) is 73.5 cm³/mol. The van der Waals surface area contributed by atoms with Gasteiger partial charge >= 0.3 is 6.09 Å². The molecule has 0 radical (unpaired) electrons. The fourth-order valence-electron chi connectivity index (χ4n) is 2.13. The second-order valence-electron chi connectivity index (χ2n) is 4.96. The van der Waals surface area contributed by atoms with Crippen LogP contribution in [-0.2, 0) is 16.1 Å². The van der Waals surface area contributed by atoms with E-state index >= 15 is 0 Å². The number of aliphatic hydroxyl groups excluding tert-OH is 4. The summed E-state index contributed by atoms with van der Waals surface area (Å²) in [6.07, 6.45) is -7.49. The lowest BCUT2D eigenvalue weighted by molar-refractivity contribution is -0.0857. The van der Waals surface area contributed by atoms with Gasteiger partial charge in [0, 0.05) is 0 Å². The van der Waals surface area contributed by atoms with E-state index in [1.54, 1.807) is 24.3 Å². The molecule has 1 aromatic rings. The van der Waals surface area contributed by atoms with E-state index in [4.69, 9.17) is 14.6 Å². The highest BCUT2D eigenvalue weighted by Crippen LogP contribution is 2.22. The minimum Gasteiger partial charge on any atom is -0.445 e. The third-order valence-corrected chi connectivity index (χ3v) is 3.34. The SMILES string of the molecule is O=C(NC1O[C@H]([C@H](O)CO)[C@H](O)[C@H]1O)OCc1ccccc1. The van der Waals surface area contributed by atoms with Gasteiger partial charge in [0.25, 0.3) is 0 Å². The molecule has 1 aromatic carbocycles. The molecule has 0 aliphatic carbocycles. The van der Waals surface area contributed by atoms with Crippen LogP contribution in [0.15, 0.2) is 30.3 Å². The van der Waals surface area contributed by atoms with E-state index in [2.05, 4.69) is 5.32 Å². The van der Waals surface area contributed by atoms with E-state index in [9.17, 15) is 20.1 Å². The molecule has 1 fully saturated rings. The highest BCUT2D eigenvalue weighted by atomic mass is 16.6. The van der Waals surface area contributed by atoms with Gasteiger partial charge in [0.15, 0.2) is 6.23 Å². The first-order valence-electron chi connectivity index (χ1n) is 6.80. The van der Waals surface area contributed by atoms with Crippen LogP contribution >= 0.6 is 0 Å². The first-order valence-corrected chi connectivity index (χ1v) is 6.80. The molecule has 5 atom stereocenters. The maximum Gasteiger partial charge on any atom is 0.409 e. The zero-order valence-electron chi connectivity index (χ0n) is 11.7. The van der Waals surface area contributed by atoms with Gasteiger partial charge in [-0.25, -0.2) is 4.79 Å². The molecular weight excluding hydrogens is 294 g/mol. The van der Waals surface area contributed by atoms with Gasteiger partial charge in [-0.15, -0.1) is 0 Å². The summed E-state index contributed by atoms with van der Waals surface area (Å²) < 4.78 is 10.1. The number of rotatable bonds is 5. The van der Waals surface area contributed by atoms with Crippen molar-refractivity contribution in [2.24, 2.45) is 0 Å².